The van der Waals surface area contributed by atoms with Gasteiger partial charge in [0.05, 0.1) is 18.1 Å². The summed E-state index contributed by atoms with van der Waals surface area (Å²) < 4.78 is 38.0. The van der Waals surface area contributed by atoms with Gasteiger partial charge in [0.1, 0.15) is 17.2 Å². The van der Waals surface area contributed by atoms with E-state index in [0.29, 0.717) is 31.6 Å². The Morgan fingerprint density at radius 3 is 2.67 bits per heavy atom. The Hall–Kier alpha value is -2.45. The van der Waals surface area contributed by atoms with Crippen molar-refractivity contribution in [3.8, 4) is 0 Å². The molecular formula is C15H16F3N5O. The highest BCUT2D eigenvalue weighted by Gasteiger charge is 2.35. The van der Waals surface area contributed by atoms with Gasteiger partial charge in [-0.1, -0.05) is 0 Å². The number of imidazole rings is 1. The molecule has 0 bridgehead atoms. The fraction of sp³-hybridized carbons (Fsp3) is 0.467. The molecule has 1 N–H and O–H groups in total. The van der Waals surface area contributed by atoms with Crippen molar-refractivity contribution in [3.63, 3.8) is 0 Å². The lowest BCUT2D eigenvalue weighted by Gasteiger charge is -2.31. The SMILES string of the molecule is Cc1cnc(C(=O)N2CCCC(c3ncc(C(F)(F)F)[nH]3)C2)cn1. The van der Waals surface area contributed by atoms with Crippen LogP contribution in [0.2, 0.25) is 0 Å². The number of aryl methyl sites for hydroxylation is 1. The van der Waals surface area contributed by atoms with E-state index in [2.05, 4.69) is 19.9 Å². The summed E-state index contributed by atoms with van der Waals surface area (Å²) in [6, 6.07) is 0. The lowest BCUT2D eigenvalue weighted by molar-refractivity contribution is -0.141. The summed E-state index contributed by atoms with van der Waals surface area (Å²) in [6.45, 7) is 2.62. The number of carbonyl (C=O) groups is 1. The Balaban J connectivity index is 1.73. The summed E-state index contributed by atoms with van der Waals surface area (Å²) in [7, 11) is 0. The number of nitrogens with zero attached hydrogens (tertiary/aromatic N) is 4. The average molecular weight is 339 g/mol. The molecule has 0 saturated carbocycles. The highest BCUT2D eigenvalue weighted by molar-refractivity contribution is 5.92. The molecule has 2 aromatic heterocycles. The van der Waals surface area contributed by atoms with Crippen molar-refractivity contribution in [2.45, 2.75) is 31.9 Å². The van der Waals surface area contributed by atoms with Crippen LogP contribution < -0.4 is 0 Å². The molecule has 9 heteroatoms. The van der Waals surface area contributed by atoms with Crippen molar-refractivity contribution in [2.75, 3.05) is 13.1 Å². The number of H-pyrrole nitrogens is 1. The number of aromatic amines is 1. The Morgan fingerprint density at radius 1 is 1.25 bits per heavy atom. The molecule has 6 nitrogen and oxygen atoms in total. The molecule has 1 aliphatic heterocycles. The predicted molar refractivity (Wildman–Crippen MR) is 78.2 cm³/mol. The van der Waals surface area contributed by atoms with Gasteiger partial charge in [-0.05, 0) is 19.8 Å². The first-order valence-corrected chi connectivity index (χ1v) is 7.54. The summed E-state index contributed by atoms with van der Waals surface area (Å²) in [5, 5.41) is 0. The van der Waals surface area contributed by atoms with E-state index < -0.39 is 11.9 Å². The molecule has 1 saturated heterocycles. The number of piperidine rings is 1. The van der Waals surface area contributed by atoms with Crippen molar-refractivity contribution in [1.29, 1.82) is 0 Å². The smallest absolute Gasteiger partial charge is 0.338 e. The van der Waals surface area contributed by atoms with E-state index in [9.17, 15) is 18.0 Å². The van der Waals surface area contributed by atoms with Crippen LogP contribution in [0.5, 0.6) is 0 Å². The third-order valence-electron chi connectivity index (χ3n) is 4.00. The average Bonchev–Trinajstić information content (AvgIpc) is 3.05. The zero-order chi connectivity index (χ0) is 17.3. The Bertz CT molecular complexity index is 725. The van der Waals surface area contributed by atoms with Gasteiger partial charge < -0.3 is 9.88 Å². The molecule has 24 heavy (non-hydrogen) atoms. The van der Waals surface area contributed by atoms with E-state index >= 15 is 0 Å². The van der Waals surface area contributed by atoms with E-state index in [1.807, 2.05) is 0 Å². The fourth-order valence-electron chi connectivity index (χ4n) is 2.74. The van der Waals surface area contributed by atoms with Crippen molar-refractivity contribution in [1.82, 2.24) is 24.8 Å². The number of aromatic nitrogens is 4. The molecular weight excluding hydrogens is 323 g/mol. The van der Waals surface area contributed by atoms with Gasteiger partial charge in [-0.3, -0.25) is 9.78 Å². The third-order valence-corrected chi connectivity index (χ3v) is 4.00. The van der Waals surface area contributed by atoms with Gasteiger partial charge in [-0.25, -0.2) is 9.97 Å². The molecule has 2 aromatic rings. The number of carbonyl (C=O) groups excluding carboxylic acids is 1. The van der Waals surface area contributed by atoms with E-state index in [-0.39, 0.29) is 23.3 Å². The first-order chi connectivity index (χ1) is 11.3. The zero-order valence-electron chi connectivity index (χ0n) is 13.0. The minimum absolute atomic E-state index is 0.233. The molecule has 0 spiro atoms. The van der Waals surface area contributed by atoms with Gasteiger partial charge >= 0.3 is 6.18 Å². The minimum atomic E-state index is -4.45. The van der Waals surface area contributed by atoms with Crippen molar-refractivity contribution < 1.29 is 18.0 Å². The number of amides is 1. The van der Waals surface area contributed by atoms with Crippen LogP contribution in [0.4, 0.5) is 13.2 Å². The molecule has 3 heterocycles. The first kappa shape index (κ1) is 16.4. The normalized spacial score (nSPS) is 18.7. The summed E-state index contributed by atoms with van der Waals surface area (Å²) in [4.78, 5) is 28.3. The number of hydrogen-bond acceptors (Lipinski definition) is 4. The molecule has 3 rings (SSSR count). The maximum atomic E-state index is 12.7. The van der Waals surface area contributed by atoms with Crippen molar-refractivity contribution in [2.24, 2.45) is 0 Å². The number of alkyl halides is 3. The van der Waals surface area contributed by atoms with Crippen molar-refractivity contribution >= 4 is 5.91 Å². The molecule has 1 fully saturated rings. The summed E-state index contributed by atoms with van der Waals surface area (Å²) in [5.41, 5.74) is 0.0698. The first-order valence-electron chi connectivity index (χ1n) is 7.54. The lowest BCUT2D eigenvalue weighted by atomic mass is 9.97. The largest absolute Gasteiger partial charge is 0.432 e. The van der Waals surface area contributed by atoms with Crippen LogP contribution in [0.3, 0.4) is 0 Å². The fourth-order valence-corrected chi connectivity index (χ4v) is 2.74. The van der Waals surface area contributed by atoms with Gasteiger partial charge in [0.15, 0.2) is 0 Å². The standard InChI is InChI=1S/C15H16F3N5O/c1-9-5-20-11(6-19-9)14(24)23-4-2-3-10(8-23)13-21-7-12(22-13)15(16,17)18/h5-7,10H,2-4,8H2,1H3,(H,21,22). The van der Waals surface area contributed by atoms with E-state index in [4.69, 9.17) is 0 Å². The van der Waals surface area contributed by atoms with Gasteiger partial charge in [0.2, 0.25) is 0 Å². The molecule has 1 unspecified atom stereocenters. The quantitative estimate of drug-likeness (QED) is 0.912. The molecule has 0 radical (unpaired) electrons. The van der Waals surface area contributed by atoms with Crippen LogP contribution in [-0.4, -0.2) is 43.8 Å². The number of likely N-dealkylation sites (tertiary alicyclic amines) is 1. The monoisotopic (exact) mass is 339 g/mol. The highest BCUT2D eigenvalue weighted by Crippen LogP contribution is 2.31. The molecule has 1 atom stereocenters. The van der Waals surface area contributed by atoms with Crippen LogP contribution in [0.15, 0.2) is 18.6 Å². The molecule has 128 valence electrons. The maximum absolute atomic E-state index is 12.7. The van der Waals surface area contributed by atoms with Crippen molar-refractivity contribution in [3.05, 3.63) is 41.5 Å². The topological polar surface area (TPSA) is 74.8 Å². The minimum Gasteiger partial charge on any atom is -0.338 e. The number of nitrogens with one attached hydrogen (secondary N) is 1. The van der Waals surface area contributed by atoms with Crippen LogP contribution in [0.25, 0.3) is 0 Å². The Morgan fingerprint density at radius 2 is 2.04 bits per heavy atom. The third kappa shape index (κ3) is 3.39. The number of halogens is 3. The van der Waals surface area contributed by atoms with E-state index in [0.717, 1.165) is 6.20 Å². The van der Waals surface area contributed by atoms with Gasteiger partial charge in [0.25, 0.3) is 5.91 Å². The predicted octanol–water partition coefficient (Wildman–Crippen LogP) is 2.55. The van der Waals surface area contributed by atoms with E-state index in [1.165, 1.54) is 12.4 Å². The molecule has 0 aromatic carbocycles. The number of hydrogen-bond donors (Lipinski definition) is 1. The zero-order valence-corrected chi connectivity index (χ0v) is 13.0. The van der Waals surface area contributed by atoms with Gasteiger partial charge in [-0.15, -0.1) is 0 Å². The van der Waals surface area contributed by atoms with Crippen LogP contribution >= 0.6 is 0 Å². The van der Waals surface area contributed by atoms with Gasteiger partial charge in [-0.2, -0.15) is 13.2 Å². The van der Waals surface area contributed by atoms with Crippen LogP contribution in [0, 0.1) is 6.92 Å². The second-order valence-corrected chi connectivity index (χ2v) is 5.81. The summed E-state index contributed by atoms with van der Waals surface area (Å²) in [6.07, 6.45) is 0.632. The second kappa shape index (κ2) is 6.21. The molecule has 1 aliphatic rings. The van der Waals surface area contributed by atoms with Crippen LogP contribution in [0.1, 0.15) is 46.5 Å². The Labute approximate surface area is 136 Å². The van der Waals surface area contributed by atoms with Crippen LogP contribution in [-0.2, 0) is 6.18 Å². The summed E-state index contributed by atoms with van der Waals surface area (Å²) in [5.74, 6) is -0.262. The Kier molecular flexibility index (Phi) is 4.25. The highest BCUT2D eigenvalue weighted by atomic mass is 19.4. The molecule has 0 aliphatic carbocycles. The second-order valence-electron chi connectivity index (χ2n) is 5.81. The van der Waals surface area contributed by atoms with Gasteiger partial charge in [0, 0.05) is 25.2 Å². The number of rotatable bonds is 2. The maximum Gasteiger partial charge on any atom is 0.432 e. The molecule has 1 amide bonds. The van der Waals surface area contributed by atoms with E-state index in [1.54, 1.807) is 11.8 Å². The summed E-state index contributed by atoms with van der Waals surface area (Å²) >= 11 is 0. The lowest BCUT2D eigenvalue weighted by Crippen LogP contribution is -2.39.